The molecule has 132 valence electrons. The summed E-state index contributed by atoms with van der Waals surface area (Å²) in [6.45, 7) is 11.8. The molecule has 0 radical (unpaired) electrons. The first kappa shape index (κ1) is 18.6. The molecular formula is C19H29N3O2. The molecule has 0 saturated carbocycles. The summed E-state index contributed by atoms with van der Waals surface area (Å²) in [5.74, 6) is 1.63. The Bertz CT molecular complexity index is 617. The highest BCUT2D eigenvalue weighted by Gasteiger charge is 2.26. The van der Waals surface area contributed by atoms with Crippen molar-refractivity contribution >= 4 is 0 Å². The zero-order chi connectivity index (χ0) is 17.7. The van der Waals surface area contributed by atoms with Crippen molar-refractivity contribution in [1.82, 2.24) is 15.0 Å². The van der Waals surface area contributed by atoms with E-state index in [0.717, 1.165) is 6.54 Å². The third-order valence-electron chi connectivity index (χ3n) is 4.11. The summed E-state index contributed by atoms with van der Waals surface area (Å²) in [6, 6.07) is 10.3. The second kappa shape index (κ2) is 7.90. The number of hydrogen-bond acceptors (Lipinski definition) is 5. The maximum Gasteiger partial charge on any atom is 0.232 e. The summed E-state index contributed by atoms with van der Waals surface area (Å²) in [7, 11) is 0. The Morgan fingerprint density at radius 2 is 1.79 bits per heavy atom. The van der Waals surface area contributed by atoms with Gasteiger partial charge in [-0.25, -0.2) is 0 Å². The third kappa shape index (κ3) is 4.89. The average molecular weight is 331 g/mol. The Morgan fingerprint density at radius 3 is 2.29 bits per heavy atom. The van der Waals surface area contributed by atoms with Gasteiger partial charge in [0.25, 0.3) is 0 Å². The van der Waals surface area contributed by atoms with Crippen LogP contribution in [0.2, 0.25) is 0 Å². The highest BCUT2D eigenvalue weighted by atomic mass is 16.5. The molecule has 0 amide bonds. The predicted octanol–water partition coefficient (Wildman–Crippen LogP) is 3.39. The van der Waals surface area contributed by atoms with Gasteiger partial charge in [0.15, 0.2) is 5.82 Å². The summed E-state index contributed by atoms with van der Waals surface area (Å²) < 4.78 is 5.40. The van der Waals surface area contributed by atoms with Gasteiger partial charge >= 0.3 is 0 Å². The van der Waals surface area contributed by atoms with Gasteiger partial charge in [-0.3, -0.25) is 4.90 Å². The van der Waals surface area contributed by atoms with E-state index < -0.39 is 0 Å². The number of aromatic nitrogens is 2. The van der Waals surface area contributed by atoms with E-state index in [2.05, 4.69) is 61.8 Å². The monoisotopic (exact) mass is 331 g/mol. The van der Waals surface area contributed by atoms with Crippen molar-refractivity contribution in [2.24, 2.45) is 5.92 Å². The van der Waals surface area contributed by atoms with Gasteiger partial charge < -0.3 is 9.63 Å². The van der Waals surface area contributed by atoms with Crippen LogP contribution in [0.15, 0.2) is 34.9 Å². The Morgan fingerprint density at radius 1 is 1.12 bits per heavy atom. The van der Waals surface area contributed by atoms with Crippen molar-refractivity contribution in [3.8, 4) is 0 Å². The molecule has 1 heterocycles. The number of aliphatic hydroxyl groups excluding tert-OH is 1. The Labute approximate surface area is 144 Å². The maximum absolute atomic E-state index is 9.85. The van der Waals surface area contributed by atoms with E-state index in [1.807, 2.05) is 18.2 Å². The lowest BCUT2D eigenvalue weighted by Gasteiger charge is -2.32. The van der Waals surface area contributed by atoms with Crippen molar-refractivity contribution in [2.45, 2.75) is 59.2 Å². The van der Waals surface area contributed by atoms with E-state index in [0.29, 0.717) is 24.2 Å². The van der Waals surface area contributed by atoms with Crippen LogP contribution in [-0.2, 0) is 18.5 Å². The van der Waals surface area contributed by atoms with E-state index >= 15 is 0 Å². The van der Waals surface area contributed by atoms with E-state index in [-0.39, 0.29) is 18.1 Å². The molecule has 1 N–H and O–H groups in total. The fourth-order valence-electron chi connectivity index (χ4n) is 2.66. The molecule has 1 aromatic carbocycles. The molecule has 0 bridgehead atoms. The van der Waals surface area contributed by atoms with Gasteiger partial charge in [0, 0.05) is 18.0 Å². The standard InChI is InChI=1S/C19H29N3O2/c1-14(2)16(13-23)22(11-15-9-7-6-8-10-15)12-17-20-18(24-21-17)19(3,4)5/h6-10,14,16,23H,11-13H2,1-5H3. The lowest BCUT2D eigenvalue weighted by atomic mass is 9.97. The maximum atomic E-state index is 9.85. The number of aliphatic hydroxyl groups is 1. The Hall–Kier alpha value is -1.72. The minimum atomic E-state index is -0.163. The topological polar surface area (TPSA) is 62.4 Å². The first-order chi connectivity index (χ1) is 11.3. The zero-order valence-corrected chi connectivity index (χ0v) is 15.4. The summed E-state index contributed by atoms with van der Waals surface area (Å²) in [6.07, 6.45) is 0. The Kier molecular flexibility index (Phi) is 6.13. The summed E-state index contributed by atoms with van der Waals surface area (Å²) in [5.41, 5.74) is 1.04. The minimum Gasteiger partial charge on any atom is -0.395 e. The highest BCUT2D eigenvalue weighted by Crippen LogP contribution is 2.22. The van der Waals surface area contributed by atoms with Crippen molar-refractivity contribution < 1.29 is 9.63 Å². The highest BCUT2D eigenvalue weighted by molar-refractivity contribution is 5.14. The molecule has 2 rings (SSSR count). The normalized spacial score (nSPS) is 13.7. The van der Waals surface area contributed by atoms with Crippen LogP contribution in [-0.4, -0.2) is 32.8 Å². The molecule has 1 atom stereocenters. The molecule has 1 aromatic heterocycles. The fourth-order valence-corrected chi connectivity index (χ4v) is 2.66. The lowest BCUT2D eigenvalue weighted by molar-refractivity contribution is 0.0756. The van der Waals surface area contributed by atoms with Gasteiger partial charge in [0.2, 0.25) is 5.89 Å². The number of nitrogens with zero attached hydrogens (tertiary/aromatic N) is 3. The van der Waals surface area contributed by atoms with Crippen LogP contribution >= 0.6 is 0 Å². The Balaban J connectivity index is 2.20. The van der Waals surface area contributed by atoms with Crippen LogP contribution in [0.3, 0.4) is 0 Å². The van der Waals surface area contributed by atoms with Crippen LogP contribution in [0.1, 0.15) is 51.9 Å². The number of hydrogen-bond donors (Lipinski definition) is 1. The van der Waals surface area contributed by atoms with E-state index in [4.69, 9.17) is 4.52 Å². The van der Waals surface area contributed by atoms with Gasteiger partial charge in [-0.05, 0) is 11.5 Å². The number of benzene rings is 1. The van der Waals surface area contributed by atoms with Crippen molar-refractivity contribution in [3.63, 3.8) is 0 Å². The van der Waals surface area contributed by atoms with Gasteiger partial charge in [0.1, 0.15) is 0 Å². The van der Waals surface area contributed by atoms with Crippen molar-refractivity contribution in [2.75, 3.05) is 6.61 Å². The van der Waals surface area contributed by atoms with Gasteiger partial charge in [-0.1, -0.05) is 70.1 Å². The molecule has 0 aliphatic rings. The number of rotatable bonds is 7. The molecule has 0 aliphatic carbocycles. The molecule has 0 saturated heterocycles. The van der Waals surface area contributed by atoms with Crippen LogP contribution in [0.4, 0.5) is 0 Å². The average Bonchev–Trinajstić information content (AvgIpc) is 2.97. The molecular weight excluding hydrogens is 302 g/mol. The van der Waals surface area contributed by atoms with E-state index in [9.17, 15) is 5.11 Å². The van der Waals surface area contributed by atoms with Gasteiger partial charge in [0.05, 0.1) is 13.2 Å². The molecule has 0 aliphatic heterocycles. The zero-order valence-electron chi connectivity index (χ0n) is 15.4. The largest absolute Gasteiger partial charge is 0.395 e. The summed E-state index contributed by atoms with van der Waals surface area (Å²) >= 11 is 0. The lowest BCUT2D eigenvalue weighted by Crippen LogP contribution is -2.41. The molecule has 24 heavy (non-hydrogen) atoms. The predicted molar refractivity (Wildman–Crippen MR) is 94.4 cm³/mol. The second-order valence-corrected chi connectivity index (χ2v) is 7.65. The van der Waals surface area contributed by atoms with Gasteiger partial charge in [-0.2, -0.15) is 4.98 Å². The van der Waals surface area contributed by atoms with Crippen LogP contribution in [0, 0.1) is 5.92 Å². The minimum absolute atomic E-state index is 0.0433. The molecule has 0 spiro atoms. The summed E-state index contributed by atoms with van der Waals surface area (Å²) in [4.78, 5) is 6.76. The van der Waals surface area contributed by atoms with E-state index in [1.165, 1.54) is 5.56 Å². The van der Waals surface area contributed by atoms with Crippen molar-refractivity contribution in [3.05, 3.63) is 47.6 Å². The molecule has 5 heteroatoms. The SMILES string of the molecule is CC(C)C(CO)N(Cc1ccccc1)Cc1noc(C(C)(C)C)n1. The van der Waals surface area contributed by atoms with Crippen LogP contribution < -0.4 is 0 Å². The first-order valence-corrected chi connectivity index (χ1v) is 8.53. The van der Waals surface area contributed by atoms with Crippen LogP contribution in [0.25, 0.3) is 0 Å². The third-order valence-corrected chi connectivity index (χ3v) is 4.11. The van der Waals surface area contributed by atoms with E-state index in [1.54, 1.807) is 0 Å². The van der Waals surface area contributed by atoms with Gasteiger partial charge in [-0.15, -0.1) is 0 Å². The molecule has 2 aromatic rings. The quantitative estimate of drug-likeness (QED) is 0.842. The first-order valence-electron chi connectivity index (χ1n) is 8.53. The molecule has 0 fully saturated rings. The smallest absolute Gasteiger partial charge is 0.232 e. The fraction of sp³-hybridized carbons (Fsp3) is 0.579. The van der Waals surface area contributed by atoms with Crippen LogP contribution in [0.5, 0.6) is 0 Å². The molecule has 1 unspecified atom stereocenters. The molecule has 5 nitrogen and oxygen atoms in total. The second-order valence-electron chi connectivity index (χ2n) is 7.65. The van der Waals surface area contributed by atoms with Crippen molar-refractivity contribution in [1.29, 1.82) is 0 Å². The summed E-state index contributed by atoms with van der Waals surface area (Å²) in [5, 5.41) is 14.0.